The Labute approximate surface area is 193 Å². The van der Waals surface area contributed by atoms with Crippen LogP contribution in [0.2, 0.25) is 0 Å². The molecule has 1 fully saturated rings. The number of rotatable bonds is 5. The number of benzene rings is 2. The molecular weight excluding hydrogens is 445 g/mol. The summed E-state index contributed by atoms with van der Waals surface area (Å²) in [5.41, 5.74) is 3.23. The molecule has 1 amide bonds. The predicted octanol–water partition coefficient (Wildman–Crippen LogP) is 3.39. The molecule has 4 rings (SSSR count). The number of piperazine rings is 1. The van der Waals surface area contributed by atoms with Crippen LogP contribution in [-0.2, 0) is 10.0 Å². The second-order valence-electron chi connectivity index (χ2n) is 7.94. The van der Waals surface area contributed by atoms with Gasteiger partial charge in [0.2, 0.25) is 10.0 Å². The standard InChI is InChI=1S/C24H26FN3O4S/c1-17-16-21(18(2)28(17)19-8-10-20(32-3)11-9-19)24(29)26-12-14-27(15-13-26)33(30,31)23-7-5-4-6-22(23)25/h4-11,16H,12-15H2,1-3H3. The topological polar surface area (TPSA) is 71.8 Å². The van der Waals surface area contributed by atoms with Gasteiger partial charge in [0.25, 0.3) is 5.91 Å². The van der Waals surface area contributed by atoms with Gasteiger partial charge in [0, 0.05) is 43.3 Å². The molecule has 174 valence electrons. The lowest BCUT2D eigenvalue weighted by Gasteiger charge is -2.34. The SMILES string of the molecule is COc1ccc(-n2c(C)cc(C(=O)N3CCN(S(=O)(=O)c4ccccc4F)CC3)c2C)cc1. The average molecular weight is 472 g/mol. The molecule has 1 aromatic heterocycles. The summed E-state index contributed by atoms with van der Waals surface area (Å²) in [7, 11) is -2.34. The zero-order valence-electron chi connectivity index (χ0n) is 18.8. The molecule has 33 heavy (non-hydrogen) atoms. The van der Waals surface area contributed by atoms with Crippen molar-refractivity contribution in [3.63, 3.8) is 0 Å². The van der Waals surface area contributed by atoms with Crippen molar-refractivity contribution >= 4 is 15.9 Å². The van der Waals surface area contributed by atoms with Gasteiger partial charge in [-0.05, 0) is 56.3 Å². The highest BCUT2D eigenvalue weighted by molar-refractivity contribution is 7.89. The Morgan fingerprint density at radius 3 is 2.21 bits per heavy atom. The number of carbonyl (C=O) groups is 1. The first-order valence-corrected chi connectivity index (χ1v) is 12.1. The Balaban J connectivity index is 1.51. The summed E-state index contributed by atoms with van der Waals surface area (Å²) in [5.74, 6) is -0.173. The van der Waals surface area contributed by atoms with Gasteiger partial charge in [0.15, 0.2) is 0 Å². The minimum Gasteiger partial charge on any atom is -0.497 e. The van der Waals surface area contributed by atoms with Crippen LogP contribution in [0, 0.1) is 19.7 Å². The van der Waals surface area contributed by atoms with Crippen molar-refractivity contribution in [2.45, 2.75) is 18.7 Å². The number of aromatic nitrogens is 1. The third-order valence-corrected chi connectivity index (χ3v) is 7.90. The third kappa shape index (κ3) is 4.26. The lowest BCUT2D eigenvalue weighted by molar-refractivity contribution is 0.0697. The highest BCUT2D eigenvalue weighted by atomic mass is 32.2. The molecule has 0 bridgehead atoms. The van der Waals surface area contributed by atoms with Crippen LogP contribution in [0.5, 0.6) is 5.75 Å². The second-order valence-corrected chi connectivity index (χ2v) is 9.85. The molecular formula is C24H26FN3O4S. The van der Waals surface area contributed by atoms with Crippen LogP contribution >= 0.6 is 0 Å². The van der Waals surface area contributed by atoms with Crippen LogP contribution in [0.25, 0.3) is 5.69 Å². The number of sulfonamides is 1. The molecule has 1 aliphatic heterocycles. The number of hydrogen-bond acceptors (Lipinski definition) is 4. The molecule has 0 unspecified atom stereocenters. The molecule has 0 spiro atoms. The zero-order valence-corrected chi connectivity index (χ0v) is 19.6. The molecule has 3 aromatic rings. The first kappa shape index (κ1) is 23.0. The summed E-state index contributed by atoms with van der Waals surface area (Å²) >= 11 is 0. The van der Waals surface area contributed by atoms with Crippen molar-refractivity contribution in [1.82, 2.24) is 13.8 Å². The Hall–Kier alpha value is -3.17. The summed E-state index contributed by atoms with van der Waals surface area (Å²) in [6.07, 6.45) is 0. The van der Waals surface area contributed by atoms with Crippen LogP contribution in [0.15, 0.2) is 59.5 Å². The van der Waals surface area contributed by atoms with E-state index in [0.29, 0.717) is 5.56 Å². The maximum Gasteiger partial charge on any atom is 0.255 e. The fourth-order valence-electron chi connectivity index (χ4n) is 4.20. The van der Waals surface area contributed by atoms with Crippen molar-refractivity contribution in [2.24, 2.45) is 0 Å². The van der Waals surface area contributed by atoms with E-state index in [1.165, 1.54) is 22.5 Å². The number of methoxy groups -OCH3 is 1. The lowest BCUT2D eigenvalue weighted by Crippen LogP contribution is -2.50. The minimum atomic E-state index is -3.95. The van der Waals surface area contributed by atoms with Crippen LogP contribution < -0.4 is 4.74 Å². The second kappa shape index (κ2) is 8.99. The molecule has 9 heteroatoms. The number of halogens is 1. The van der Waals surface area contributed by atoms with Crippen LogP contribution in [0.3, 0.4) is 0 Å². The molecule has 0 atom stereocenters. The largest absolute Gasteiger partial charge is 0.497 e. The van der Waals surface area contributed by atoms with Gasteiger partial charge in [-0.1, -0.05) is 12.1 Å². The predicted molar refractivity (Wildman–Crippen MR) is 123 cm³/mol. The van der Waals surface area contributed by atoms with E-state index in [0.717, 1.165) is 28.9 Å². The van der Waals surface area contributed by atoms with E-state index in [-0.39, 0.29) is 37.0 Å². The van der Waals surface area contributed by atoms with Crippen molar-refractivity contribution < 1.29 is 22.3 Å². The molecule has 2 aromatic carbocycles. The number of carbonyl (C=O) groups excluding carboxylic acids is 1. The average Bonchev–Trinajstić information content (AvgIpc) is 3.12. The zero-order chi connectivity index (χ0) is 23.8. The highest BCUT2D eigenvalue weighted by Crippen LogP contribution is 2.25. The summed E-state index contributed by atoms with van der Waals surface area (Å²) < 4.78 is 48.2. The van der Waals surface area contributed by atoms with Crippen LogP contribution in [-0.4, -0.2) is 61.4 Å². The van der Waals surface area contributed by atoms with Crippen molar-refractivity contribution in [2.75, 3.05) is 33.3 Å². The van der Waals surface area contributed by atoms with E-state index >= 15 is 0 Å². The van der Waals surface area contributed by atoms with Gasteiger partial charge >= 0.3 is 0 Å². The van der Waals surface area contributed by atoms with E-state index in [1.54, 1.807) is 12.0 Å². The molecule has 2 heterocycles. The Kier molecular flexibility index (Phi) is 6.27. The highest BCUT2D eigenvalue weighted by Gasteiger charge is 2.32. The number of hydrogen-bond donors (Lipinski definition) is 0. The normalized spacial score (nSPS) is 15.0. The lowest BCUT2D eigenvalue weighted by atomic mass is 10.2. The van der Waals surface area contributed by atoms with E-state index in [9.17, 15) is 17.6 Å². The maximum atomic E-state index is 14.1. The summed E-state index contributed by atoms with van der Waals surface area (Å²) in [6, 6.07) is 14.8. The maximum absolute atomic E-state index is 14.1. The van der Waals surface area contributed by atoms with Gasteiger partial charge in [0.05, 0.1) is 12.7 Å². The summed E-state index contributed by atoms with van der Waals surface area (Å²) in [5, 5.41) is 0. The fourth-order valence-corrected chi connectivity index (χ4v) is 5.69. The van der Waals surface area contributed by atoms with Gasteiger partial charge in [0.1, 0.15) is 16.5 Å². The third-order valence-electron chi connectivity index (χ3n) is 5.97. The van der Waals surface area contributed by atoms with E-state index in [4.69, 9.17) is 4.74 Å². The summed E-state index contributed by atoms with van der Waals surface area (Å²) in [6.45, 7) is 4.52. The van der Waals surface area contributed by atoms with Crippen molar-refractivity contribution in [3.8, 4) is 11.4 Å². The molecule has 0 saturated carbocycles. The van der Waals surface area contributed by atoms with Gasteiger partial charge in [-0.3, -0.25) is 4.79 Å². The van der Waals surface area contributed by atoms with Crippen molar-refractivity contribution in [1.29, 1.82) is 0 Å². The summed E-state index contributed by atoms with van der Waals surface area (Å²) in [4.78, 5) is 14.6. The van der Waals surface area contributed by atoms with Crippen LogP contribution in [0.4, 0.5) is 4.39 Å². The van der Waals surface area contributed by atoms with Crippen LogP contribution in [0.1, 0.15) is 21.7 Å². The Bertz CT molecular complexity index is 1280. The number of aryl methyl sites for hydroxylation is 1. The molecule has 1 saturated heterocycles. The molecule has 0 N–H and O–H groups in total. The monoisotopic (exact) mass is 471 g/mol. The molecule has 1 aliphatic rings. The van der Waals surface area contributed by atoms with E-state index < -0.39 is 15.8 Å². The van der Waals surface area contributed by atoms with E-state index in [1.807, 2.05) is 48.7 Å². The van der Waals surface area contributed by atoms with Gasteiger partial charge in [-0.25, -0.2) is 12.8 Å². The number of nitrogens with zero attached hydrogens (tertiary/aromatic N) is 3. The fraction of sp³-hybridized carbons (Fsp3) is 0.292. The van der Waals surface area contributed by atoms with Gasteiger partial charge in [-0.2, -0.15) is 4.31 Å². The first-order chi connectivity index (χ1) is 15.7. The number of amides is 1. The molecule has 7 nitrogen and oxygen atoms in total. The van der Waals surface area contributed by atoms with Gasteiger partial charge in [-0.15, -0.1) is 0 Å². The smallest absolute Gasteiger partial charge is 0.255 e. The van der Waals surface area contributed by atoms with E-state index in [2.05, 4.69) is 0 Å². The first-order valence-electron chi connectivity index (χ1n) is 10.6. The Morgan fingerprint density at radius 2 is 1.61 bits per heavy atom. The molecule has 0 aliphatic carbocycles. The minimum absolute atomic E-state index is 0.111. The molecule has 0 radical (unpaired) electrons. The quantitative estimate of drug-likeness (QED) is 0.572. The van der Waals surface area contributed by atoms with Gasteiger partial charge < -0.3 is 14.2 Å². The van der Waals surface area contributed by atoms with Crippen molar-refractivity contribution in [3.05, 3.63) is 77.4 Å². The Morgan fingerprint density at radius 1 is 0.970 bits per heavy atom. The number of ether oxygens (including phenoxy) is 1.